The van der Waals surface area contributed by atoms with Crippen molar-refractivity contribution in [1.29, 1.82) is 0 Å². The maximum absolute atomic E-state index is 13.5. The third kappa shape index (κ3) is 4.54. The molecule has 1 N–H and O–H groups in total. The number of hydrogen-bond acceptors (Lipinski definition) is 5. The average Bonchev–Trinajstić information content (AvgIpc) is 3.21. The number of ketones is 1. The molecule has 0 spiro atoms. The minimum atomic E-state index is -0.858. The van der Waals surface area contributed by atoms with Crippen molar-refractivity contribution in [2.24, 2.45) is 0 Å². The van der Waals surface area contributed by atoms with Gasteiger partial charge < -0.3 is 14.6 Å². The summed E-state index contributed by atoms with van der Waals surface area (Å²) in [5, 5.41) is 13.4. The molecule has 4 aromatic carbocycles. The van der Waals surface area contributed by atoms with Gasteiger partial charge in [-0.1, -0.05) is 61.5 Å². The molecule has 6 nitrogen and oxygen atoms in total. The molecule has 1 amide bonds. The van der Waals surface area contributed by atoms with Crippen LogP contribution in [0.2, 0.25) is 0 Å². The minimum absolute atomic E-state index is 0.0217. The number of hydrogen-bond donors (Lipinski definition) is 1. The fourth-order valence-corrected chi connectivity index (χ4v) is 4.66. The van der Waals surface area contributed by atoms with Crippen molar-refractivity contribution in [2.45, 2.75) is 19.4 Å². The van der Waals surface area contributed by atoms with E-state index in [-0.39, 0.29) is 11.3 Å². The lowest BCUT2D eigenvalue weighted by Crippen LogP contribution is -2.29. The van der Waals surface area contributed by atoms with E-state index in [1.165, 1.54) is 4.90 Å². The Morgan fingerprint density at radius 3 is 2.41 bits per heavy atom. The summed E-state index contributed by atoms with van der Waals surface area (Å²) in [7, 11) is 1.56. The highest BCUT2D eigenvalue weighted by atomic mass is 16.5. The summed E-state index contributed by atoms with van der Waals surface area (Å²) >= 11 is 0. The molecule has 0 radical (unpaired) electrons. The van der Waals surface area contributed by atoms with Gasteiger partial charge in [0.05, 0.1) is 25.3 Å². The van der Waals surface area contributed by atoms with Gasteiger partial charge in [0, 0.05) is 17.3 Å². The Kier molecular flexibility index (Phi) is 6.64. The molecule has 4 aromatic rings. The standard InChI is InChI=1S/C31H27NO5/c1-3-16-37-26-13-7-11-24(19-26)32-28(22-10-6-12-25(18-22)36-2)27(30(34)31(32)35)29(33)23-15-14-20-8-4-5-9-21(20)17-23/h4-15,17-19,28,33H,3,16H2,1-2H3/b29-27-. The zero-order chi connectivity index (χ0) is 25.9. The highest BCUT2D eigenvalue weighted by molar-refractivity contribution is 6.51. The number of carbonyl (C=O) groups excluding carboxylic acids is 2. The predicted molar refractivity (Wildman–Crippen MR) is 144 cm³/mol. The zero-order valence-electron chi connectivity index (χ0n) is 20.7. The van der Waals surface area contributed by atoms with Crippen molar-refractivity contribution in [3.8, 4) is 11.5 Å². The van der Waals surface area contributed by atoms with Crippen LogP contribution >= 0.6 is 0 Å². The van der Waals surface area contributed by atoms with Crippen molar-refractivity contribution in [3.63, 3.8) is 0 Å². The van der Waals surface area contributed by atoms with E-state index in [1.54, 1.807) is 49.6 Å². The Bertz CT molecular complexity index is 1520. The van der Waals surface area contributed by atoms with E-state index in [2.05, 4.69) is 0 Å². The van der Waals surface area contributed by atoms with Crippen molar-refractivity contribution in [2.75, 3.05) is 18.6 Å². The number of aliphatic hydroxyl groups is 1. The number of carbonyl (C=O) groups is 2. The number of anilines is 1. The molecule has 1 heterocycles. The molecule has 1 unspecified atom stereocenters. The Morgan fingerprint density at radius 1 is 0.865 bits per heavy atom. The van der Waals surface area contributed by atoms with Crippen LogP contribution in [0.4, 0.5) is 5.69 Å². The molecule has 6 heteroatoms. The maximum atomic E-state index is 13.5. The molecule has 37 heavy (non-hydrogen) atoms. The molecule has 1 fully saturated rings. The Hall–Kier alpha value is -4.58. The van der Waals surface area contributed by atoms with Gasteiger partial charge in [-0.25, -0.2) is 0 Å². The van der Waals surface area contributed by atoms with Crippen molar-refractivity contribution >= 4 is 33.9 Å². The molecule has 0 saturated carbocycles. The van der Waals surface area contributed by atoms with Crippen molar-refractivity contribution < 1.29 is 24.2 Å². The first-order chi connectivity index (χ1) is 18.0. The summed E-state index contributed by atoms with van der Waals surface area (Å²) in [5.74, 6) is -0.520. The predicted octanol–water partition coefficient (Wildman–Crippen LogP) is 6.26. The Morgan fingerprint density at radius 2 is 1.62 bits per heavy atom. The van der Waals surface area contributed by atoms with Gasteiger partial charge >= 0.3 is 0 Å². The number of ether oxygens (including phenoxy) is 2. The number of nitrogens with zero attached hydrogens (tertiary/aromatic N) is 1. The minimum Gasteiger partial charge on any atom is -0.507 e. The number of methoxy groups -OCH3 is 1. The third-order valence-corrected chi connectivity index (χ3v) is 6.45. The maximum Gasteiger partial charge on any atom is 0.300 e. The van der Waals surface area contributed by atoms with Crippen LogP contribution in [0.15, 0.2) is 96.6 Å². The lowest BCUT2D eigenvalue weighted by molar-refractivity contribution is -0.132. The summed E-state index contributed by atoms with van der Waals surface area (Å²) in [4.78, 5) is 28.4. The van der Waals surface area contributed by atoms with Gasteiger partial charge in [0.2, 0.25) is 0 Å². The SMILES string of the molecule is CCCOc1cccc(N2C(=O)C(=O)/C(=C(\O)c3ccc4ccccc4c3)C2c2cccc(OC)c2)c1. The highest BCUT2D eigenvalue weighted by Crippen LogP contribution is 2.43. The first-order valence-electron chi connectivity index (χ1n) is 12.2. The first-order valence-corrected chi connectivity index (χ1v) is 12.2. The average molecular weight is 494 g/mol. The van der Waals surface area contributed by atoms with E-state index in [1.807, 2.05) is 55.5 Å². The number of rotatable bonds is 7. The summed E-state index contributed by atoms with van der Waals surface area (Å²) < 4.78 is 11.2. The molecular formula is C31H27NO5. The van der Waals surface area contributed by atoms with E-state index in [4.69, 9.17) is 9.47 Å². The van der Waals surface area contributed by atoms with Crippen LogP contribution in [-0.2, 0) is 9.59 Å². The summed E-state index contributed by atoms with van der Waals surface area (Å²) in [5.41, 5.74) is 1.62. The fourth-order valence-electron chi connectivity index (χ4n) is 4.66. The molecule has 0 aromatic heterocycles. The summed E-state index contributed by atoms with van der Waals surface area (Å²) in [6.45, 7) is 2.54. The van der Waals surface area contributed by atoms with Crippen LogP contribution in [0.25, 0.3) is 16.5 Å². The second-order valence-electron chi connectivity index (χ2n) is 8.85. The number of amides is 1. The van der Waals surface area contributed by atoms with Crippen molar-refractivity contribution in [1.82, 2.24) is 0 Å². The van der Waals surface area contributed by atoms with E-state index in [0.717, 1.165) is 17.2 Å². The quantitative estimate of drug-likeness (QED) is 0.187. The van der Waals surface area contributed by atoms with Crippen LogP contribution in [0, 0.1) is 0 Å². The van der Waals surface area contributed by atoms with Crippen LogP contribution in [0.3, 0.4) is 0 Å². The first kappa shape index (κ1) is 24.1. The van der Waals surface area contributed by atoms with Gasteiger partial charge in [-0.3, -0.25) is 14.5 Å². The highest BCUT2D eigenvalue weighted by Gasteiger charge is 2.47. The molecule has 0 bridgehead atoms. The lowest BCUT2D eigenvalue weighted by Gasteiger charge is -2.26. The molecule has 1 aliphatic heterocycles. The normalized spacial score (nSPS) is 16.8. The molecule has 1 atom stereocenters. The second-order valence-corrected chi connectivity index (χ2v) is 8.85. The Balaban J connectivity index is 1.69. The van der Waals surface area contributed by atoms with E-state index < -0.39 is 17.7 Å². The van der Waals surface area contributed by atoms with Crippen LogP contribution in [0.5, 0.6) is 11.5 Å². The molecule has 0 aliphatic carbocycles. The number of benzene rings is 4. The van der Waals surface area contributed by atoms with Gasteiger partial charge in [0.25, 0.3) is 11.7 Å². The number of fused-ring (bicyclic) bond motifs is 1. The van der Waals surface area contributed by atoms with Gasteiger partial charge in [0.1, 0.15) is 17.3 Å². The largest absolute Gasteiger partial charge is 0.507 e. The van der Waals surface area contributed by atoms with Gasteiger partial charge in [-0.2, -0.15) is 0 Å². The molecule has 186 valence electrons. The molecule has 1 aliphatic rings. The zero-order valence-corrected chi connectivity index (χ0v) is 20.7. The van der Waals surface area contributed by atoms with Gasteiger partial charge in [-0.05, 0) is 53.1 Å². The van der Waals surface area contributed by atoms with E-state index in [9.17, 15) is 14.7 Å². The van der Waals surface area contributed by atoms with Crippen LogP contribution in [-0.4, -0.2) is 30.5 Å². The topological polar surface area (TPSA) is 76.1 Å². The van der Waals surface area contributed by atoms with Crippen molar-refractivity contribution in [3.05, 3.63) is 108 Å². The number of aliphatic hydroxyl groups excluding tert-OH is 1. The number of Topliss-reactive ketones (excluding diaryl/α,β-unsaturated/α-hetero) is 1. The lowest BCUT2D eigenvalue weighted by atomic mass is 9.94. The summed E-state index contributed by atoms with van der Waals surface area (Å²) in [6.07, 6.45) is 0.838. The Labute approximate surface area is 215 Å². The monoisotopic (exact) mass is 493 g/mol. The summed E-state index contributed by atoms with van der Waals surface area (Å²) in [6, 6.07) is 26.6. The second kappa shape index (κ2) is 10.2. The molecule has 1 saturated heterocycles. The van der Waals surface area contributed by atoms with E-state index in [0.29, 0.717) is 34.9 Å². The smallest absolute Gasteiger partial charge is 0.300 e. The van der Waals surface area contributed by atoms with Gasteiger partial charge in [-0.15, -0.1) is 0 Å². The molecular weight excluding hydrogens is 466 g/mol. The third-order valence-electron chi connectivity index (χ3n) is 6.45. The fraction of sp³-hybridized carbons (Fsp3) is 0.161. The van der Waals surface area contributed by atoms with Gasteiger partial charge in [0.15, 0.2) is 0 Å². The molecule has 5 rings (SSSR count). The van der Waals surface area contributed by atoms with Crippen LogP contribution in [0.1, 0.15) is 30.5 Å². The van der Waals surface area contributed by atoms with Crippen LogP contribution < -0.4 is 14.4 Å². The van der Waals surface area contributed by atoms with E-state index >= 15 is 0 Å².